The summed E-state index contributed by atoms with van der Waals surface area (Å²) in [6.45, 7) is -1.40. The lowest BCUT2D eigenvalue weighted by Gasteiger charge is -2.05. The fourth-order valence-electron chi connectivity index (χ4n) is 0.391. The second-order valence-corrected chi connectivity index (χ2v) is 3.56. The predicted molar refractivity (Wildman–Crippen MR) is 75.0 cm³/mol. The van der Waals surface area contributed by atoms with Gasteiger partial charge in [-0.15, -0.1) is 0 Å². The van der Waals surface area contributed by atoms with Gasteiger partial charge in [0.25, 0.3) is 0 Å². The number of esters is 1. The zero-order valence-electron chi connectivity index (χ0n) is 12.1. The first-order valence-corrected chi connectivity index (χ1v) is 5.88. The average molecular weight is 342 g/mol. The first-order valence-electron chi connectivity index (χ1n) is 5.88. The maximum atomic E-state index is 10.3. The number of hydrogen-bond acceptors (Lipinski definition) is 10. The minimum absolute atomic E-state index is 0.271. The number of nitrogens with two attached hydrogens (primary N) is 4. The van der Waals surface area contributed by atoms with Gasteiger partial charge in [0.05, 0.1) is 19.7 Å². The van der Waals surface area contributed by atoms with E-state index in [4.69, 9.17) is 37.6 Å². The van der Waals surface area contributed by atoms with Gasteiger partial charge in [-0.25, -0.2) is 0 Å². The number of rotatable bonds is 7. The Labute approximate surface area is 130 Å². The lowest BCUT2D eigenvalue weighted by molar-refractivity contribution is -0.147. The Morgan fingerprint density at radius 2 is 1.26 bits per heavy atom. The molecule has 0 rings (SSSR count). The highest BCUT2D eigenvalue weighted by Gasteiger charge is 2.12. The molecular weight excluding hydrogens is 320 g/mol. The number of aliphatic hydroxyl groups excluding tert-OH is 1. The molecule has 0 unspecified atom stereocenters. The number of aliphatic carboxylic acids is 3. The van der Waals surface area contributed by atoms with Gasteiger partial charge in [-0.1, -0.05) is 0 Å². The van der Waals surface area contributed by atoms with Crippen molar-refractivity contribution < 1.29 is 44.3 Å². The smallest absolute Gasteiger partial charge is 0.324 e. The van der Waals surface area contributed by atoms with Crippen molar-refractivity contribution in [3.63, 3.8) is 0 Å². The van der Waals surface area contributed by atoms with Crippen LogP contribution in [0.5, 0.6) is 0 Å². The Morgan fingerprint density at radius 3 is 1.43 bits per heavy atom. The molecule has 0 aromatic heterocycles. The van der Waals surface area contributed by atoms with Crippen LogP contribution < -0.4 is 22.9 Å². The summed E-state index contributed by atoms with van der Waals surface area (Å²) in [5, 5.41) is 31.7. The van der Waals surface area contributed by atoms with Gasteiger partial charge in [-0.3, -0.25) is 19.2 Å². The van der Waals surface area contributed by atoms with E-state index in [0.717, 1.165) is 0 Å². The molecule has 0 aromatic carbocycles. The zero-order valence-corrected chi connectivity index (χ0v) is 12.1. The van der Waals surface area contributed by atoms with Gasteiger partial charge in [-0.2, -0.15) is 0 Å². The minimum Gasteiger partial charge on any atom is -0.480 e. The quantitative estimate of drug-likeness (QED) is 0.202. The molecule has 0 bridgehead atoms. The van der Waals surface area contributed by atoms with Gasteiger partial charge in [0.15, 0.2) is 0 Å². The van der Waals surface area contributed by atoms with Gasteiger partial charge in [0.2, 0.25) is 0 Å². The Bertz CT molecular complexity index is 377. The van der Waals surface area contributed by atoms with Crippen molar-refractivity contribution in [2.75, 3.05) is 26.3 Å². The normalized spacial score (nSPS) is 11.5. The van der Waals surface area contributed by atoms with Crippen molar-refractivity contribution in [3.8, 4) is 0 Å². The molecule has 23 heavy (non-hydrogen) atoms. The zero-order chi connectivity index (χ0) is 19.0. The molecule has 0 spiro atoms. The largest absolute Gasteiger partial charge is 0.480 e. The molecule has 0 radical (unpaired) electrons. The third-order valence-electron chi connectivity index (χ3n) is 1.60. The topological polar surface area (TPSA) is 263 Å². The van der Waals surface area contributed by atoms with Crippen LogP contribution in [0.15, 0.2) is 0 Å². The third-order valence-corrected chi connectivity index (χ3v) is 1.60. The molecule has 0 heterocycles. The Morgan fingerprint density at radius 1 is 0.870 bits per heavy atom. The Hall–Kier alpha value is -2.32. The first-order chi connectivity index (χ1) is 10.5. The summed E-state index contributed by atoms with van der Waals surface area (Å²) in [6, 6.07) is -2.30. The number of ether oxygens (including phenoxy) is 1. The van der Waals surface area contributed by atoms with Crippen LogP contribution in [-0.2, 0) is 23.9 Å². The van der Waals surface area contributed by atoms with Crippen LogP contribution in [0, 0.1) is 0 Å². The number of carboxylic acid groups (broad SMARTS) is 3. The molecule has 0 aliphatic carbocycles. The van der Waals surface area contributed by atoms with E-state index in [-0.39, 0.29) is 19.7 Å². The van der Waals surface area contributed by atoms with Crippen LogP contribution in [-0.4, -0.2) is 82.7 Å². The van der Waals surface area contributed by atoms with E-state index in [9.17, 15) is 19.2 Å². The van der Waals surface area contributed by atoms with Crippen molar-refractivity contribution in [2.24, 2.45) is 22.9 Å². The van der Waals surface area contributed by atoms with Gasteiger partial charge in [0, 0.05) is 0 Å². The van der Waals surface area contributed by atoms with Crippen LogP contribution in [0.2, 0.25) is 0 Å². The number of carboxylic acids is 3. The molecule has 13 heteroatoms. The van der Waals surface area contributed by atoms with Crippen LogP contribution >= 0.6 is 0 Å². The second kappa shape index (κ2) is 16.1. The van der Waals surface area contributed by atoms with E-state index >= 15 is 0 Å². The van der Waals surface area contributed by atoms with Crippen molar-refractivity contribution in [1.29, 1.82) is 0 Å². The van der Waals surface area contributed by atoms with E-state index in [0.29, 0.717) is 0 Å². The molecule has 12 N–H and O–H groups in total. The van der Waals surface area contributed by atoms with E-state index in [1.165, 1.54) is 0 Å². The monoisotopic (exact) mass is 342 g/mol. The fourth-order valence-corrected chi connectivity index (χ4v) is 0.391. The lowest BCUT2D eigenvalue weighted by atomic mass is 10.3. The standard InChI is InChI=1S/C5H10N2O4.C3H7NO3.C2H5NO2/c6-1-4(8)11-2-3(7)5(9)10;4-2(1-5)3(6)7;3-1-2(4)5/h3H,1-2,6-7H2,(H,9,10);2,5H,1,4H2,(H,6,7);1,3H2,(H,4,5)/t3-;2-;/m00./s1. The highest BCUT2D eigenvalue weighted by molar-refractivity contribution is 5.75. The van der Waals surface area contributed by atoms with E-state index < -0.39 is 42.6 Å². The molecule has 13 nitrogen and oxygen atoms in total. The molecule has 0 aliphatic heterocycles. The van der Waals surface area contributed by atoms with Crippen LogP contribution in [0.4, 0.5) is 0 Å². The van der Waals surface area contributed by atoms with Crippen molar-refractivity contribution >= 4 is 23.9 Å². The first kappa shape index (κ1) is 25.6. The summed E-state index contributed by atoms with van der Waals surface area (Å²) in [4.78, 5) is 39.3. The molecule has 0 fully saturated rings. The molecule has 0 amide bonds. The summed E-state index contributed by atoms with van der Waals surface area (Å²) in [5.41, 5.74) is 19.2. The summed E-state index contributed by atoms with van der Waals surface area (Å²) in [5.74, 6) is -4.02. The van der Waals surface area contributed by atoms with Gasteiger partial charge in [0.1, 0.15) is 18.7 Å². The third kappa shape index (κ3) is 22.1. The molecule has 0 saturated heterocycles. The van der Waals surface area contributed by atoms with Gasteiger partial charge >= 0.3 is 23.9 Å². The van der Waals surface area contributed by atoms with Crippen molar-refractivity contribution in [2.45, 2.75) is 12.1 Å². The fraction of sp³-hybridized carbons (Fsp3) is 0.600. The molecular formula is C10H22N4O9. The summed E-state index contributed by atoms with van der Waals surface area (Å²) in [6.07, 6.45) is 0. The summed E-state index contributed by atoms with van der Waals surface area (Å²) < 4.78 is 4.34. The maximum absolute atomic E-state index is 10.3. The number of carbonyl (C=O) groups is 4. The van der Waals surface area contributed by atoms with Gasteiger partial charge in [-0.05, 0) is 0 Å². The molecule has 0 saturated carbocycles. The molecule has 0 aliphatic rings. The highest BCUT2D eigenvalue weighted by atomic mass is 16.5. The maximum Gasteiger partial charge on any atom is 0.324 e. The van der Waals surface area contributed by atoms with Gasteiger partial charge < -0.3 is 48.1 Å². The highest BCUT2D eigenvalue weighted by Crippen LogP contribution is 1.82. The number of carbonyl (C=O) groups excluding carboxylic acids is 1. The molecule has 2 atom stereocenters. The van der Waals surface area contributed by atoms with Crippen LogP contribution in [0.1, 0.15) is 0 Å². The summed E-state index contributed by atoms with van der Waals surface area (Å²) >= 11 is 0. The predicted octanol–water partition coefficient (Wildman–Crippen LogP) is -4.68. The number of aliphatic hydroxyl groups is 1. The molecule has 136 valence electrons. The van der Waals surface area contributed by atoms with E-state index in [1.807, 2.05) is 0 Å². The van der Waals surface area contributed by atoms with Crippen molar-refractivity contribution in [3.05, 3.63) is 0 Å². The minimum atomic E-state index is -1.21. The lowest BCUT2D eigenvalue weighted by Crippen LogP contribution is -2.36. The average Bonchev–Trinajstić information content (AvgIpc) is 2.51. The summed E-state index contributed by atoms with van der Waals surface area (Å²) in [7, 11) is 0. The van der Waals surface area contributed by atoms with E-state index in [2.05, 4.69) is 10.5 Å². The molecule has 0 aromatic rings. The SMILES string of the molecule is NCC(=O)O.NCC(=O)OC[C@H](N)C(=O)O.N[C@@H](CO)C(=O)O. The van der Waals surface area contributed by atoms with E-state index in [1.54, 1.807) is 0 Å². The van der Waals surface area contributed by atoms with Crippen LogP contribution in [0.3, 0.4) is 0 Å². The number of hydrogen-bond donors (Lipinski definition) is 8. The second-order valence-electron chi connectivity index (χ2n) is 3.56. The Balaban J connectivity index is -0.000000286. The van der Waals surface area contributed by atoms with Crippen molar-refractivity contribution in [1.82, 2.24) is 0 Å². The Kier molecular flexibility index (Phi) is 17.9. The van der Waals surface area contributed by atoms with Crippen LogP contribution in [0.25, 0.3) is 0 Å².